The van der Waals surface area contributed by atoms with E-state index in [1.807, 2.05) is 19.1 Å². The number of halogens is 2. The number of terminal acetylenes is 1. The molecule has 0 saturated carbocycles. The van der Waals surface area contributed by atoms with Crippen LogP contribution in [0.25, 0.3) is 0 Å². The minimum absolute atomic E-state index is 0. The van der Waals surface area contributed by atoms with Crippen molar-refractivity contribution in [2.45, 2.75) is 13.0 Å². The van der Waals surface area contributed by atoms with E-state index in [0.717, 1.165) is 43.8 Å². The molecule has 0 radical (unpaired) electrons. The Hall–Kier alpha value is -1.01. The first-order valence-corrected chi connectivity index (χ1v) is 8.65. The summed E-state index contributed by atoms with van der Waals surface area (Å²) < 4.78 is 5.48. The largest absolute Gasteiger partial charge is 0.379 e. The Balaban J connectivity index is 0.00000312. The SMILES string of the molecule is C#CCNC(=NCC(c1ccc(Cl)cc1)N1CCOCC1)NCC.I. The molecule has 0 spiro atoms. The smallest absolute Gasteiger partial charge is 0.192 e. The molecule has 25 heavy (non-hydrogen) atoms. The summed E-state index contributed by atoms with van der Waals surface area (Å²) >= 11 is 6.03. The number of ether oxygens (including phenoxy) is 1. The number of hydrogen-bond acceptors (Lipinski definition) is 3. The normalized spacial score (nSPS) is 16.4. The summed E-state index contributed by atoms with van der Waals surface area (Å²) in [4.78, 5) is 7.11. The second-order valence-electron chi connectivity index (χ2n) is 5.49. The van der Waals surface area contributed by atoms with Crippen molar-refractivity contribution in [2.24, 2.45) is 4.99 Å². The number of hydrogen-bond donors (Lipinski definition) is 2. The van der Waals surface area contributed by atoms with Gasteiger partial charge >= 0.3 is 0 Å². The van der Waals surface area contributed by atoms with Crippen molar-refractivity contribution in [2.75, 3.05) is 45.9 Å². The average molecular weight is 477 g/mol. The lowest BCUT2D eigenvalue weighted by Gasteiger charge is -2.34. The van der Waals surface area contributed by atoms with Crippen molar-refractivity contribution < 1.29 is 4.74 Å². The Labute approximate surface area is 172 Å². The first kappa shape index (κ1) is 22.0. The number of morpholine rings is 1. The molecule has 138 valence electrons. The van der Waals surface area contributed by atoms with Crippen molar-refractivity contribution in [1.29, 1.82) is 0 Å². The second-order valence-corrected chi connectivity index (χ2v) is 5.93. The van der Waals surface area contributed by atoms with E-state index in [1.54, 1.807) is 0 Å². The average Bonchev–Trinajstić information content (AvgIpc) is 2.62. The van der Waals surface area contributed by atoms with Crippen LogP contribution in [0.15, 0.2) is 29.3 Å². The summed E-state index contributed by atoms with van der Waals surface area (Å²) in [7, 11) is 0. The monoisotopic (exact) mass is 476 g/mol. The lowest BCUT2D eigenvalue weighted by molar-refractivity contribution is 0.0180. The first-order valence-electron chi connectivity index (χ1n) is 8.27. The number of rotatable bonds is 6. The molecule has 2 N–H and O–H groups in total. The summed E-state index contributed by atoms with van der Waals surface area (Å²) in [5.74, 6) is 3.31. The molecule has 0 amide bonds. The molecule has 1 unspecified atom stereocenters. The van der Waals surface area contributed by atoms with Gasteiger partial charge in [0.1, 0.15) is 0 Å². The Morgan fingerprint density at radius 2 is 2.00 bits per heavy atom. The number of aliphatic imine (C=N–C) groups is 1. The Morgan fingerprint density at radius 3 is 2.60 bits per heavy atom. The van der Waals surface area contributed by atoms with Gasteiger partial charge in [0.15, 0.2) is 5.96 Å². The third kappa shape index (κ3) is 7.40. The van der Waals surface area contributed by atoms with Gasteiger partial charge in [0.05, 0.1) is 32.3 Å². The zero-order valence-corrected chi connectivity index (χ0v) is 17.6. The van der Waals surface area contributed by atoms with Crippen LogP contribution in [0, 0.1) is 12.3 Å². The van der Waals surface area contributed by atoms with Gasteiger partial charge in [-0.25, -0.2) is 0 Å². The first-order chi connectivity index (χ1) is 11.7. The van der Waals surface area contributed by atoms with Crippen LogP contribution >= 0.6 is 35.6 Å². The molecule has 5 nitrogen and oxygen atoms in total. The molecule has 1 aliphatic heterocycles. The summed E-state index contributed by atoms with van der Waals surface area (Å²) in [6, 6.07) is 8.18. The van der Waals surface area contributed by atoms with Gasteiger partial charge in [0, 0.05) is 24.7 Å². The van der Waals surface area contributed by atoms with Crippen LogP contribution in [-0.2, 0) is 4.74 Å². The zero-order chi connectivity index (χ0) is 17.2. The highest BCUT2D eigenvalue weighted by Crippen LogP contribution is 2.24. The fourth-order valence-corrected chi connectivity index (χ4v) is 2.79. The van der Waals surface area contributed by atoms with Crippen molar-refractivity contribution in [3.05, 3.63) is 34.9 Å². The summed E-state index contributed by atoms with van der Waals surface area (Å²) in [6.45, 7) is 7.22. The maximum atomic E-state index is 6.03. The lowest BCUT2D eigenvalue weighted by Crippen LogP contribution is -2.41. The molecule has 1 atom stereocenters. The van der Waals surface area contributed by atoms with Crippen molar-refractivity contribution >= 4 is 41.5 Å². The van der Waals surface area contributed by atoms with Crippen LogP contribution in [0.2, 0.25) is 5.02 Å². The van der Waals surface area contributed by atoms with E-state index in [1.165, 1.54) is 5.56 Å². The molecule has 1 heterocycles. The fraction of sp³-hybridized carbons (Fsp3) is 0.500. The van der Waals surface area contributed by atoms with Crippen molar-refractivity contribution in [3.63, 3.8) is 0 Å². The quantitative estimate of drug-likeness (QED) is 0.287. The van der Waals surface area contributed by atoms with Crippen molar-refractivity contribution in [1.82, 2.24) is 15.5 Å². The molecule has 1 aliphatic rings. The Kier molecular flexibility index (Phi) is 10.9. The Morgan fingerprint density at radius 1 is 1.32 bits per heavy atom. The Bertz CT molecular complexity index is 567. The maximum absolute atomic E-state index is 6.03. The molecule has 0 bridgehead atoms. The minimum Gasteiger partial charge on any atom is -0.379 e. The van der Waals surface area contributed by atoms with Gasteiger partial charge in [-0.05, 0) is 24.6 Å². The number of benzene rings is 1. The van der Waals surface area contributed by atoms with Crippen LogP contribution in [0.4, 0.5) is 0 Å². The molecule has 0 aliphatic carbocycles. The molecule has 0 aromatic heterocycles. The lowest BCUT2D eigenvalue weighted by atomic mass is 10.0. The third-order valence-corrected chi connectivity index (χ3v) is 4.12. The highest BCUT2D eigenvalue weighted by molar-refractivity contribution is 14.0. The fourth-order valence-electron chi connectivity index (χ4n) is 2.66. The van der Waals surface area contributed by atoms with Crippen LogP contribution in [0.1, 0.15) is 18.5 Å². The molecular formula is C18H26ClIN4O. The van der Waals surface area contributed by atoms with Gasteiger partial charge in [-0.3, -0.25) is 9.89 Å². The summed E-state index contributed by atoms with van der Waals surface area (Å²) in [6.07, 6.45) is 5.32. The second kappa shape index (κ2) is 12.4. The van der Waals surface area contributed by atoms with E-state index in [9.17, 15) is 0 Å². The van der Waals surface area contributed by atoms with Crippen LogP contribution < -0.4 is 10.6 Å². The van der Waals surface area contributed by atoms with E-state index in [-0.39, 0.29) is 30.0 Å². The minimum atomic E-state index is 0. The van der Waals surface area contributed by atoms with E-state index in [0.29, 0.717) is 13.1 Å². The zero-order valence-electron chi connectivity index (χ0n) is 14.5. The van der Waals surface area contributed by atoms with E-state index in [2.05, 4.69) is 33.6 Å². The van der Waals surface area contributed by atoms with Gasteiger partial charge < -0.3 is 15.4 Å². The van der Waals surface area contributed by atoms with Gasteiger partial charge in [-0.15, -0.1) is 30.4 Å². The number of nitrogens with zero attached hydrogens (tertiary/aromatic N) is 2. The molecule has 2 rings (SSSR count). The summed E-state index contributed by atoms with van der Waals surface area (Å²) in [5, 5.41) is 7.09. The molecule has 1 fully saturated rings. The predicted octanol–water partition coefficient (Wildman–Crippen LogP) is 2.52. The highest BCUT2D eigenvalue weighted by atomic mass is 127. The van der Waals surface area contributed by atoms with Gasteiger partial charge in [0.2, 0.25) is 0 Å². The van der Waals surface area contributed by atoms with Crippen LogP contribution in [0.3, 0.4) is 0 Å². The highest BCUT2D eigenvalue weighted by Gasteiger charge is 2.22. The molecular weight excluding hydrogens is 451 g/mol. The van der Waals surface area contributed by atoms with E-state index in [4.69, 9.17) is 27.8 Å². The molecule has 1 saturated heterocycles. The maximum Gasteiger partial charge on any atom is 0.192 e. The molecule has 1 aromatic rings. The number of nitrogens with one attached hydrogen (secondary N) is 2. The number of guanidine groups is 1. The van der Waals surface area contributed by atoms with Crippen LogP contribution in [0.5, 0.6) is 0 Å². The van der Waals surface area contributed by atoms with E-state index >= 15 is 0 Å². The molecule has 7 heteroatoms. The topological polar surface area (TPSA) is 48.9 Å². The third-order valence-electron chi connectivity index (χ3n) is 3.87. The molecule has 1 aromatic carbocycles. The van der Waals surface area contributed by atoms with Crippen molar-refractivity contribution in [3.8, 4) is 12.3 Å². The van der Waals surface area contributed by atoms with Gasteiger partial charge in [-0.1, -0.05) is 29.7 Å². The summed E-state index contributed by atoms with van der Waals surface area (Å²) in [5.41, 5.74) is 1.21. The standard InChI is InChI=1S/C18H25ClN4O.HI/c1-3-9-21-18(20-4-2)22-14-17(23-10-12-24-13-11-23)15-5-7-16(19)8-6-15;/h1,5-8,17H,4,9-14H2,2H3,(H2,20,21,22);1H. The van der Waals surface area contributed by atoms with Crippen LogP contribution in [-0.4, -0.2) is 56.8 Å². The van der Waals surface area contributed by atoms with Gasteiger partial charge in [-0.2, -0.15) is 0 Å². The van der Waals surface area contributed by atoms with Gasteiger partial charge in [0.25, 0.3) is 0 Å². The predicted molar refractivity (Wildman–Crippen MR) is 115 cm³/mol. The van der Waals surface area contributed by atoms with E-state index < -0.39 is 0 Å².